The number of nitrogens with one attached hydrogen (secondary N) is 1. The molecule has 1 aliphatic rings. The molecule has 1 heterocycles. The van der Waals surface area contributed by atoms with Gasteiger partial charge in [0.2, 0.25) is 16.9 Å². The number of anilines is 1. The first kappa shape index (κ1) is 23.9. The van der Waals surface area contributed by atoms with Crippen molar-refractivity contribution in [2.24, 2.45) is 5.92 Å². The molecule has 0 radical (unpaired) electrons. The molecule has 0 bridgehead atoms. The molecule has 0 aliphatic heterocycles. The molecule has 3 aromatic rings. The van der Waals surface area contributed by atoms with Crippen LogP contribution in [0.25, 0.3) is 10.6 Å². The van der Waals surface area contributed by atoms with Crippen LogP contribution in [0.4, 0.5) is 5.13 Å². The Morgan fingerprint density at radius 2 is 1.76 bits per heavy atom. The molecule has 1 aromatic heterocycles. The number of methoxy groups -OCH3 is 1. The van der Waals surface area contributed by atoms with E-state index in [4.69, 9.17) is 4.74 Å². The molecule has 178 valence electrons. The highest BCUT2D eigenvalue weighted by Gasteiger charge is 2.27. The summed E-state index contributed by atoms with van der Waals surface area (Å²) in [6, 6.07) is 17.7. The molecule has 2 aromatic carbocycles. The van der Waals surface area contributed by atoms with Gasteiger partial charge < -0.3 is 15.0 Å². The number of aromatic nitrogens is 2. The molecule has 0 saturated heterocycles. The van der Waals surface area contributed by atoms with Crippen molar-refractivity contribution >= 4 is 28.3 Å². The lowest BCUT2D eigenvalue weighted by Crippen LogP contribution is -2.38. The normalized spacial score (nSPS) is 13.6. The van der Waals surface area contributed by atoms with Gasteiger partial charge in [-0.3, -0.25) is 9.59 Å². The van der Waals surface area contributed by atoms with Crippen LogP contribution in [0.1, 0.15) is 37.7 Å². The number of benzene rings is 2. The highest BCUT2D eigenvalue weighted by atomic mass is 32.1. The molecule has 0 spiro atoms. The van der Waals surface area contributed by atoms with Crippen LogP contribution in [-0.2, 0) is 16.0 Å². The summed E-state index contributed by atoms with van der Waals surface area (Å²) in [7, 11) is 1.62. The molecule has 1 aliphatic carbocycles. The third kappa shape index (κ3) is 6.41. The maximum absolute atomic E-state index is 13.1. The SMILES string of the molecule is COc1ccc(-c2nnc(NC(=O)CCN(CCc3ccccc3)C(=O)C3CCCC3)s2)cc1. The Bertz CT molecular complexity index is 1080. The molecule has 8 heteroatoms. The molecule has 7 nitrogen and oxygen atoms in total. The standard InChI is InChI=1S/C26H30N4O3S/c1-33-22-13-11-20(12-14-22)24-28-29-26(34-24)27-23(31)16-18-30(25(32)21-9-5-6-10-21)17-15-19-7-3-2-4-8-19/h2-4,7-8,11-14,21H,5-6,9-10,15-18H2,1H3,(H,27,29,31). The summed E-state index contributed by atoms with van der Waals surface area (Å²) in [5.41, 5.74) is 2.10. The fourth-order valence-electron chi connectivity index (χ4n) is 4.21. The number of hydrogen-bond acceptors (Lipinski definition) is 6. The molecule has 0 atom stereocenters. The Hall–Kier alpha value is -3.26. The Balaban J connectivity index is 1.33. The number of hydrogen-bond donors (Lipinski definition) is 1. The summed E-state index contributed by atoms with van der Waals surface area (Å²) in [5, 5.41) is 12.3. The van der Waals surface area contributed by atoms with Crippen molar-refractivity contribution in [1.82, 2.24) is 15.1 Å². The van der Waals surface area contributed by atoms with Crippen LogP contribution < -0.4 is 10.1 Å². The summed E-state index contributed by atoms with van der Waals surface area (Å²) < 4.78 is 5.18. The minimum absolute atomic E-state index is 0.0917. The van der Waals surface area contributed by atoms with Gasteiger partial charge in [0.25, 0.3) is 0 Å². The molecule has 1 saturated carbocycles. The highest BCUT2D eigenvalue weighted by molar-refractivity contribution is 7.18. The third-order valence-electron chi connectivity index (χ3n) is 6.15. The summed E-state index contributed by atoms with van der Waals surface area (Å²) >= 11 is 1.32. The Kier molecular flexibility index (Phi) is 8.25. The molecule has 2 amide bonds. The van der Waals surface area contributed by atoms with Crippen LogP contribution in [-0.4, -0.2) is 47.1 Å². The average molecular weight is 479 g/mol. The molecule has 1 N–H and O–H groups in total. The van der Waals surface area contributed by atoms with Crippen LogP contribution in [0, 0.1) is 5.92 Å². The fourth-order valence-corrected chi connectivity index (χ4v) is 4.98. The van der Waals surface area contributed by atoms with Gasteiger partial charge in [-0.15, -0.1) is 10.2 Å². The summed E-state index contributed by atoms with van der Waals surface area (Å²) in [4.78, 5) is 27.6. The predicted molar refractivity (Wildman–Crippen MR) is 134 cm³/mol. The minimum atomic E-state index is -0.165. The van der Waals surface area contributed by atoms with E-state index in [1.807, 2.05) is 47.4 Å². The number of carbonyl (C=O) groups excluding carboxylic acids is 2. The van der Waals surface area contributed by atoms with Gasteiger partial charge in [0.05, 0.1) is 7.11 Å². The van der Waals surface area contributed by atoms with Crippen LogP contribution in [0.15, 0.2) is 54.6 Å². The number of ether oxygens (including phenoxy) is 1. The molecule has 34 heavy (non-hydrogen) atoms. The summed E-state index contributed by atoms with van der Waals surface area (Å²) in [6.45, 7) is 1.02. The zero-order chi connectivity index (χ0) is 23.8. The van der Waals surface area contributed by atoms with Crippen molar-refractivity contribution in [3.8, 4) is 16.3 Å². The smallest absolute Gasteiger partial charge is 0.227 e. The van der Waals surface area contributed by atoms with E-state index in [0.717, 1.165) is 48.4 Å². The lowest BCUT2D eigenvalue weighted by molar-refractivity contribution is -0.135. The van der Waals surface area contributed by atoms with E-state index in [9.17, 15) is 9.59 Å². The summed E-state index contributed by atoms with van der Waals surface area (Å²) in [6.07, 6.45) is 5.12. The fraction of sp³-hybridized carbons (Fsp3) is 0.385. The zero-order valence-corrected chi connectivity index (χ0v) is 20.2. The van der Waals surface area contributed by atoms with Crippen LogP contribution in [0.5, 0.6) is 5.75 Å². The monoisotopic (exact) mass is 478 g/mol. The summed E-state index contributed by atoms with van der Waals surface area (Å²) in [5.74, 6) is 0.875. The van der Waals surface area contributed by atoms with Gasteiger partial charge in [-0.2, -0.15) is 0 Å². The lowest BCUT2D eigenvalue weighted by atomic mass is 10.1. The van der Waals surface area contributed by atoms with Crippen molar-refractivity contribution in [3.63, 3.8) is 0 Å². The number of amides is 2. The molecule has 1 fully saturated rings. The van der Waals surface area contributed by atoms with E-state index < -0.39 is 0 Å². The molecule has 0 unspecified atom stereocenters. The van der Waals surface area contributed by atoms with Crippen molar-refractivity contribution in [2.75, 3.05) is 25.5 Å². The van der Waals surface area contributed by atoms with Gasteiger partial charge in [-0.05, 0) is 49.1 Å². The Morgan fingerprint density at radius 3 is 2.47 bits per heavy atom. The number of rotatable bonds is 10. The van der Waals surface area contributed by atoms with E-state index in [1.165, 1.54) is 16.9 Å². The van der Waals surface area contributed by atoms with Gasteiger partial charge in [0.1, 0.15) is 10.8 Å². The maximum Gasteiger partial charge on any atom is 0.227 e. The van der Waals surface area contributed by atoms with Gasteiger partial charge >= 0.3 is 0 Å². The lowest BCUT2D eigenvalue weighted by Gasteiger charge is -2.25. The van der Waals surface area contributed by atoms with E-state index >= 15 is 0 Å². The maximum atomic E-state index is 13.1. The van der Waals surface area contributed by atoms with Gasteiger partial charge in [0, 0.05) is 31.0 Å². The van der Waals surface area contributed by atoms with E-state index in [0.29, 0.717) is 18.2 Å². The highest BCUT2D eigenvalue weighted by Crippen LogP contribution is 2.28. The molecular weight excluding hydrogens is 448 g/mol. The van der Waals surface area contributed by atoms with E-state index in [2.05, 4.69) is 27.6 Å². The Morgan fingerprint density at radius 1 is 1.03 bits per heavy atom. The van der Waals surface area contributed by atoms with E-state index in [-0.39, 0.29) is 24.2 Å². The average Bonchev–Trinajstić information content (AvgIpc) is 3.57. The van der Waals surface area contributed by atoms with Crippen LogP contribution in [0.3, 0.4) is 0 Å². The predicted octanol–water partition coefficient (Wildman–Crippen LogP) is 4.80. The topological polar surface area (TPSA) is 84.4 Å². The number of nitrogens with zero attached hydrogens (tertiary/aromatic N) is 3. The van der Waals surface area contributed by atoms with Gasteiger partial charge in [0.15, 0.2) is 0 Å². The molecular formula is C26H30N4O3S. The number of carbonyl (C=O) groups is 2. The van der Waals surface area contributed by atoms with Crippen molar-refractivity contribution < 1.29 is 14.3 Å². The van der Waals surface area contributed by atoms with Crippen molar-refractivity contribution in [1.29, 1.82) is 0 Å². The van der Waals surface area contributed by atoms with E-state index in [1.54, 1.807) is 7.11 Å². The first-order valence-corrected chi connectivity index (χ1v) is 12.5. The second-order valence-corrected chi connectivity index (χ2v) is 9.46. The first-order valence-electron chi connectivity index (χ1n) is 11.7. The quantitative estimate of drug-likeness (QED) is 0.452. The minimum Gasteiger partial charge on any atom is -0.497 e. The third-order valence-corrected chi connectivity index (χ3v) is 7.03. The second-order valence-electron chi connectivity index (χ2n) is 8.48. The van der Waals surface area contributed by atoms with Crippen molar-refractivity contribution in [3.05, 3.63) is 60.2 Å². The van der Waals surface area contributed by atoms with Crippen LogP contribution >= 0.6 is 11.3 Å². The van der Waals surface area contributed by atoms with Gasteiger partial charge in [-0.1, -0.05) is 54.5 Å². The van der Waals surface area contributed by atoms with Crippen LogP contribution in [0.2, 0.25) is 0 Å². The second kappa shape index (κ2) is 11.7. The Labute approximate surface area is 204 Å². The first-order chi connectivity index (χ1) is 16.6. The van der Waals surface area contributed by atoms with Crippen molar-refractivity contribution in [2.45, 2.75) is 38.5 Å². The largest absolute Gasteiger partial charge is 0.497 e. The van der Waals surface area contributed by atoms with Gasteiger partial charge in [-0.25, -0.2) is 0 Å². The zero-order valence-electron chi connectivity index (χ0n) is 19.4. The molecule has 4 rings (SSSR count).